The van der Waals surface area contributed by atoms with Gasteiger partial charge in [0.2, 0.25) is 5.91 Å². The third-order valence-corrected chi connectivity index (χ3v) is 2.62. The fourth-order valence-electron chi connectivity index (χ4n) is 1.44. The van der Waals surface area contributed by atoms with Crippen molar-refractivity contribution in [2.24, 2.45) is 11.8 Å². The first-order valence-corrected chi connectivity index (χ1v) is 5.26. The lowest BCUT2D eigenvalue weighted by Gasteiger charge is -2.27. The summed E-state index contributed by atoms with van der Waals surface area (Å²) in [4.78, 5) is 13.6. The van der Waals surface area contributed by atoms with Crippen LogP contribution in [0.2, 0.25) is 0 Å². The molecule has 0 aromatic rings. The smallest absolute Gasteiger partial charge is 0.239 e. The maximum atomic E-state index is 11.8. The zero-order valence-corrected chi connectivity index (χ0v) is 9.16. The average molecular weight is 194 g/mol. The lowest BCUT2D eigenvalue weighted by Crippen LogP contribution is -2.41. The Bertz CT molecular complexity index is 251. The van der Waals surface area contributed by atoms with Gasteiger partial charge in [-0.1, -0.05) is 0 Å². The Morgan fingerprint density at radius 2 is 2.07 bits per heavy atom. The molecule has 0 aliphatic heterocycles. The van der Waals surface area contributed by atoms with Crippen molar-refractivity contribution in [3.63, 3.8) is 0 Å². The van der Waals surface area contributed by atoms with Crippen molar-refractivity contribution in [1.29, 1.82) is 5.26 Å². The van der Waals surface area contributed by atoms with E-state index in [1.807, 2.05) is 24.8 Å². The fourth-order valence-corrected chi connectivity index (χ4v) is 1.44. The van der Waals surface area contributed by atoms with Gasteiger partial charge in [-0.2, -0.15) is 5.26 Å². The lowest BCUT2D eigenvalue weighted by molar-refractivity contribution is -0.135. The molecule has 1 amide bonds. The summed E-state index contributed by atoms with van der Waals surface area (Å²) < 4.78 is 0. The molecule has 0 aromatic carbocycles. The molecular weight excluding hydrogens is 176 g/mol. The van der Waals surface area contributed by atoms with E-state index in [0.717, 1.165) is 6.54 Å². The van der Waals surface area contributed by atoms with Gasteiger partial charge in [0.15, 0.2) is 0 Å². The molecule has 0 saturated heterocycles. The van der Waals surface area contributed by atoms with Crippen molar-refractivity contribution in [1.82, 2.24) is 4.90 Å². The van der Waals surface area contributed by atoms with Gasteiger partial charge in [0, 0.05) is 12.6 Å². The molecule has 1 aliphatic carbocycles. The van der Waals surface area contributed by atoms with Gasteiger partial charge in [-0.25, -0.2) is 0 Å². The maximum Gasteiger partial charge on any atom is 0.239 e. The highest BCUT2D eigenvalue weighted by molar-refractivity contribution is 5.81. The van der Waals surface area contributed by atoms with Gasteiger partial charge in [0.05, 0.1) is 6.07 Å². The molecule has 3 heteroatoms. The Morgan fingerprint density at radius 1 is 1.50 bits per heavy atom. The molecule has 0 heterocycles. The summed E-state index contributed by atoms with van der Waals surface area (Å²) in [5.74, 6) is 0.165. The highest BCUT2D eigenvalue weighted by Crippen LogP contribution is 2.30. The molecule has 0 N–H and O–H groups in total. The average Bonchev–Trinajstić information content (AvgIpc) is 2.95. The highest BCUT2D eigenvalue weighted by atomic mass is 16.2. The number of carbonyl (C=O) groups is 1. The molecule has 1 rings (SSSR count). The van der Waals surface area contributed by atoms with E-state index < -0.39 is 5.92 Å². The maximum absolute atomic E-state index is 11.8. The number of amides is 1. The van der Waals surface area contributed by atoms with Crippen LogP contribution in [0.3, 0.4) is 0 Å². The molecule has 1 fully saturated rings. The van der Waals surface area contributed by atoms with Gasteiger partial charge in [0.1, 0.15) is 5.92 Å². The first-order valence-electron chi connectivity index (χ1n) is 5.26. The summed E-state index contributed by atoms with van der Waals surface area (Å²) in [7, 11) is 0. The minimum Gasteiger partial charge on any atom is -0.339 e. The molecule has 1 saturated carbocycles. The Balaban J connectivity index is 2.56. The van der Waals surface area contributed by atoms with Crippen LogP contribution in [0.25, 0.3) is 0 Å². The Morgan fingerprint density at radius 3 is 2.43 bits per heavy atom. The van der Waals surface area contributed by atoms with Crippen molar-refractivity contribution in [3.05, 3.63) is 0 Å². The van der Waals surface area contributed by atoms with Gasteiger partial charge in [-0.15, -0.1) is 0 Å². The summed E-state index contributed by atoms with van der Waals surface area (Å²) >= 11 is 0. The fraction of sp³-hybridized carbons (Fsp3) is 0.818. The quantitative estimate of drug-likeness (QED) is 0.685. The van der Waals surface area contributed by atoms with E-state index in [1.54, 1.807) is 6.92 Å². The minimum absolute atomic E-state index is 0.0191. The second-order valence-corrected chi connectivity index (χ2v) is 4.38. The monoisotopic (exact) mass is 194 g/mol. The van der Waals surface area contributed by atoms with Crippen LogP contribution in [0.15, 0.2) is 0 Å². The van der Waals surface area contributed by atoms with Gasteiger partial charge >= 0.3 is 0 Å². The normalized spacial score (nSPS) is 17.6. The zero-order valence-electron chi connectivity index (χ0n) is 9.16. The first-order chi connectivity index (χ1) is 6.56. The summed E-state index contributed by atoms with van der Waals surface area (Å²) in [5.41, 5.74) is 0. The van der Waals surface area contributed by atoms with E-state index in [4.69, 9.17) is 5.26 Å². The largest absolute Gasteiger partial charge is 0.339 e. The van der Waals surface area contributed by atoms with Crippen LogP contribution in [0.5, 0.6) is 0 Å². The Kier molecular flexibility index (Phi) is 3.51. The number of carbonyl (C=O) groups excluding carboxylic acids is 1. The van der Waals surface area contributed by atoms with Crippen LogP contribution in [0, 0.1) is 23.2 Å². The van der Waals surface area contributed by atoms with Crippen molar-refractivity contribution < 1.29 is 4.79 Å². The number of rotatable bonds is 4. The molecular formula is C11H18N2O. The third-order valence-electron chi connectivity index (χ3n) is 2.62. The molecule has 1 unspecified atom stereocenters. The van der Waals surface area contributed by atoms with Gasteiger partial charge < -0.3 is 4.90 Å². The van der Waals surface area contributed by atoms with Crippen LogP contribution in [-0.2, 0) is 4.79 Å². The molecule has 0 spiro atoms. The summed E-state index contributed by atoms with van der Waals surface area (Å²) in [6.07, 6.45) is 2.47. The molecule has 0 radical (unpaired) electrons. The molecule has 0 aromatic heterocycles. The van der Waals surface area contributed by atoms with Crippen LogP contribution >= 0.6 is 0 Å². The second kappa shape index (κ2) is 4.45. The topological polar surface area (TPSA) is 44.1 Å². The van der Waals surface area contributed by atoms with E-state index in [2.05, 4.69) is 0 Å². The zero-order chi connectivity index (χ0) is 10.7. The van der Waals surface area contributed by atoms with Crippen molar-refractivity contribution in [2.45, 2.75) is 39.7 Å². The van der Waals surface area contributed by atoms with Crippen LogP contribution in [0.1, 0.15) is 33.6 Å². The third kappa shape index (κ3) is 2.73. The standard InChI is InChI=1S/C11H18N2O/c1-8(2)13(7-10-4-5-10)11(14)9(3)6-12/h8-10H,4-5,7H2,1-3H3. The van der Waals surface area contributed by atoms with Crippen molar-refractivity contribution in [2.75, 3.05) is 6.54 Å². The molecule has 0 bridgehead atoms. The van der Waals surface area contributed by atoms with Gasteiger partial charge in [-0.3, -0.25) is 4.79 Å². The predicted octanol–water partition coefficient (Wildman–Crippen LogP) is 1.79. The summed E-state index contributed by atoms with van der Waals surface area (Å²) in [6, 6.07) is 2.21. The van der Waals surface area contributed by atoms with E-state index in [9.17, 15) is 4.79 Å². The van der Waals surface area contributed by atoms with Gasteiger partial charge in [0.25, 0.3) is 0 Å². The Labute approximate surface area is 85.7 Å². The van der Waals surface area contributed by atoms with Crippen LogP contribution < -0.4 is 0 Å². The molecule has 1 atom stereocenters. The van der Waals surface area contributed by atoms with E-state index in [0.29, 0.717) is 5.92 Å². The van der Waals surface area contributed by atoms with Crippen LogP contribution in [-0.4, -0.2) is 23.4 Å². The number of hydrogen-bond donors (Lipinski definition) is 0. The van der Waals surface area contributed by atoms with Crippen molar-refractivity contribution >= 4 is 5.91 Å². The molecule has 14 heavy (non-hydrogen) atoms. The lowest BCUT2D eigenvalue weighted by atomic mass is 10.1. The van der Waals surface area contributed by atoms with E-state index >= 15 is 0 Å². The molecule has 1 aliphatic rings. The second-order valence-electron chi connectivity index (χ2n) is 4.38. The Hall–Kier alpha value is -1.04. The van der Waals surface area contributed by atoms with Crippen LogP contribution in [0.4, 0.5) is 0 Å². The highest BCUT2D eigenvalue weighted by Gasteiger charge is 2.29. The summed E-state index contributed by atoms with van der Waals surface area (Å²) in [5, 5.41) is 8.69. The minimum atomic E-state index is -0.504. The molecule has 3 nitrogen and oxygen atoms in total. The molecule has 78 valence electrons. The number of nitriles is 1. The first kappa shape index (κ1) is 11.0. The summed E-state index contributed by atoms with van der Waals surface area (Å²) in [6.45, 7) is 6.52. The van der Waals surface area contributed by atoms with E-state index in [-0.39, 0.29) is 11.9 Å². The van der Waals surface area contributed by atoms with E-state index in [1.165, 1.54) is 12.8 Å². The SMILES string of the molecule is CC(C#N)C(=O)N(CC1CC1)C(C)C. The predicted molar refractivity (Wildman–Crippen MR) is 54.4 cm³/mol. The van der Waals surface area contributed by atoms with Crippen molar-refractivity contribution in [3.8, 4) is 6.07 Å². The number of nitrogens with zero attached hydrogens (tertiary/aromatic N) is 2. The van der Waals surface area contributed by atoms with Gasteiger partial charge in [-0.05, 0) is 39.5 Å². The number of hydrogen-bond acceptors (Lipinski definition) is 2.